The standard InChI is InChI=1S/C34H36ClN3O5S/c1-4-25(2)36-34(40)26(3)37(23-27-12-11-13-28(35)22-27)33(39)24-38(44(41,42)32-16-9-6-10-17-32)29-18-20-31(21-19-29)43-30-14-7-5-8-15-30/h5-22,25-26H,4,23-24H2,1-3H3,(H,36,40)/t25-,26-/m1/s1. The molecule has 0 bridgehead atoms. The number of sulfonamides is 1. The monoisotopic (exact) mass is 633 g/mol. The maximum absolute atomic E-state index is 14.1. The van der Waals surface area contributed by atoms with Gasteiger partial charge in [-0.3, -0.25) is 13.9 Å². The van der Waals surface area contributed by atoms with Gasteiger partial charge in [0.2, 0.25) is 11.8 Å². The second kappa shape index (κ2) is 14.9. The van der Waals surface area contributed by atoms with E-state index in [1.165, 1.54) is 17.0 Å². The third kappa shape index (κ3) is 8.39. The maximum atomic E-state index is 14.1. The van der Waals surface area contributed by atoms with Crippen LogP contribution in [0.25, 0.3) is 0 Å². The van der Waals surface area contributed by atoms with Gasteiger partial charge in [0, 0.05) is 17.6 Å². The highest BCUT2D eigenvalue weighted by molar-refractivity contribution is 7.92. The Morgan fingerprint density at radius 2 is 1.45 bits per heavy atom. The van der Waals surface area contributed by atoms with Gasteiger partial charge in [-0.05, 0) is 86.5 Å². The zero-order valence-corrected chi connectivity index (χ0v) is 26.5. The molecule has 0 aromatic heterocycles. The average molecular weight is 634 g/mol. The maximum Gasteiger partial charge on any atom is 0.264 e. The molecule has 0 fully saturated rings. The molecule has 8 nitrogen and oxygen atoms in total. The predicted molar refractivity (Wildman–Crippen MR) is 173 cm³/mol. The van der Waals surface area contributed by atoms with Crippen molar-refractivity contribution in [2.45, 2.75) is 50.7 Å². The minimum Gasteiger partial charge on any atom is -0.457 e. The first kappa shape index (κ1) is 32.6. The fraction of sp³-hybridized carbons (Fsp3) is 0.235. The van der Waals surface area contributed by atoms with E-state index in [-0.39, 0.29) is 29.1 Å². The van der Waals surface area contributed by atoms with Crippen LogP contribution in [0, 0.1) is 0 Å². The number of carbonyl (C=O) groups excluding carboxylic acids is 2. The SMILES string of the molecule is CC[C@@H](C)NC(=O)[C@@H](C)N(Cc1cccc(Cl)c1)C(=O)CN(c1ccc(Oc2ccccc2)cc1)S(=O)(=O)c1ccccc1. The molecule has 44 heavy (non-hydrogen) atoms. The summed E-state index contributed by atoms with van der Waals surface area (Å²) in [5, 5.41) is 3.41. The van der Waals surface area contributed by atoms with Crippen LogP contribution in [-0.2, 0) is 26.2 Å². The molecule has 4 rings (SSSR count). The van der Waals surface area contributed by atoms with E-state index in [9.17, 15) is 18.0 Å². The molecule has 4 aromatic carbocycles. The van der Waals surface area contributed by atoms with Gasteiger partial charge in [-0.1, -0.05) is 67.1 Å². The predicted octanol–water partition coefficient (Wildman–Crippen LogP) is 6.66. The molecule has 0 heterocycles. The van der Waals surface area contributed by atoms with Gasteiger partial charge in [0.05, 0.1) is 10.6 Å². The average Bonchev–Trinajstić information content (AvgIpc) is 3.03. The number of rotatable bonds is 13. The van der Waals surface area contributed by atoms with Gasteiger partial charge in [-0.15, -0.1) is 0 Å². The summed E-state index contributed by atoms with van der Waals surface area (Å²) in [5.74, 6) is 0.238. The molecule has 2 atom stereocenters. The number of para-hydroxylation sites is 1. The van der Waals surface area contributed by atoms with E-state index in [1.807, 2.05) is 44.2 Å². The van der Waals surface area contributed by atoms with Gasteiger partial charge in [-0.25, -0.2) is 8.42 Å². The number of benzene rings is 4. The lowest BCUT2D eigenvalue weighted by Crippen LogP contribution is -2.52. The van der Waals surface area contributed by atoms with Crippen LogP contribution < -0.4 is 14.4 Å². The molecule has 0 saturated carbocycles. The highest BCUT2D eigenvalue weighted by Gasteiger charge is 2.32. The van der Waals surface area contributed by atoms with Crippen molar-refractivity contribution in [1.29, 1.82) is 0 Å². The molecule has 0 saturated heterocycles. The van der Waals surface area contributed by atoms with Crippen LogP contribution >= 0.6 is 11.6 Å². The van der Waals surface area contributed by atoms with Crippen molar-refractivity contribution in [2.24, 2.45) is 0 Å². The summed E-state index contributed by atoms with van der Waals surface area (Å²) < 4.78 is 34.9. The molecule has 1 N–H and O–H groups in total. The number of nitrogens with one attached hydrogen (secondary N) is 1. The van der Waals surface area contributed by atoms with E-state index >= 15 is 0 Å². The molecule has 230 valence electrons. The smallest absolute Gasteiger partial charge is 0.264 e. The number of hydrogen-bond acceptors (Lipinski definition) is 5. The molecule has 0 unspecified atom stereocenters. The molecule has 2 amide bonds. The van der Waals surface area contributed by atoms with Crippen molar-refractivity contribution in [2.75, 3.05) is 10.8 Å². The van der Waals surface area contributed by atoms with E-state index in [0.717, 1.165) is 4.31 Å². The summed E-state index contributed by atoms with van der Waals surface area (Å²) in [6, 6.07) is 29.6. The van der Waals surface area contributed by atoms with Crippen molar-refractivity contribution >= 4 is 39.1 Å². The Morgan fingerprint density at radius 3 is 2.07 bits per heavy atom. The molecular formula is C34H36ClN3O5S. The van der Waals surface area contributed by atoms with Crippen LogP contribution in [0.4, 0.5) is 5.69 Å². The van der Waals surface area contributed by atoms with E-state index in [4.69, 9.17) is 16.3 Å². The first-order valence-corrected chi connectivity index (χ1v) is 16.2. The van der Waals surface area contributed by atoms with Gasteiger partial charge in [0.15, 0.2) is 0 Å². The highest BCUT2D eigenvalue weighted by atomic mass is 35.5. The van der Waals surface area contributed by atoms with Gasteiger partial charge in [-0.2, -0.15) is 0 Å². The third-order valence-electron chi connectivity index (χ3n) is 7.12. The lowest BCUT2D eigenvalue weighted by molar-refractivity contribution is -0.139. The summed E-state index contributed by atoms with van der Waals surface area (Å²) in [6.45, 7) is 4.97. The first-order chi connectivity index (χ1) is 21.1. The molecule has 4 aromatic rings. The normalized spacial score (nSPS) is 12.5. The fourth-order valence-electron chi connectivity index (χ4n) is 4.43. The van der Waals surface area contributed by atoms with Gasteiger partial charge < -0.3 is 15.0 Å². The second-order valence-electron chi connectivity index (χ2n) is 10.4. The third-order valence-corrected chi connectivity index (χ3v) is 9.15. The Morgan fingerprint density at radius 1 is 0.841 bits per heavy atom. The van der Waals surface area contributed by atoms with Crippen molar-refractivity contribution < 1.29 is 22.7 Å². The first-order valence-electron chi connectivity index (χ1n) is 14.3. The van der Waals surface area contributed by atoms with Gasteiger partial charge in [0.1, 0.15) is 24.1 Å². The molecule has 0 aliphatic rings. The summed E-state index contributed by atoms with van der Waals surface area (Å²) in [5.41, 5.74) is 0.968. The summed E-state index contributed by atoms with van der Waals surface area (Å²) >= 11 is 6.21. The Bertz CT molecular complexity index is 1650. The van der Waals surface area contributed by atoms with Crippen LogP contribution in [0.5, 0.6) is 11.5 Å². The van der Waals surface area contributed by atoms with Crippen LogP contribution in [0.1, 0.15) is 32.8 Å². The zero-order chi connectivity index (χ0) is 31.7. The van der Waals surface area contributed by atoms with Gasteiger partial charge in [0.25, 0.3) is 10.0 Å². The Labute approximate surface area is 264 Å². The number of anilines is 1. The lowest BCUT2D eigenvalue weighted by atomic mass is 10.1. The van der Waals surface area contributed by atoms with E-state index < -0.39 is 28.5 Å². The van der Waals surface area contributed by atoms with Crippen LogP contribution in [0.2, 0.25) is 5.02 Å². The Hall–Kier alpha value is -4.34. The van der Waals surface area contributed by atoms with Crippen molar-refractivity contribution in [3.63, 3.8) is 0 Å². The minimum absolute atomic E-state index is 0.0290. The Balaban J connectivity index is 1.69. The molecule has 0 radical (unpaired) electrons. The second-order valence-corrected chi connectivity index (χ2v) is 12.7. The lowest BCUT2D eigenvalue weighted by Gasteiger charge is -2.32. The molecule has 0 aliphatic carbocycles. The number of nitrogens with zero attached hydrogens (tertiary/aromatic N) is 2. The number of amides is 2. The summed E-state index contributed by atoms with van der Waals surface area (Å²) in [7, 11) is -4.18. The van der Waals surface area contributed by atoms with E-state index in [0.29, 0.717) is 28.5 Å². The van der Waals surface area contributed by atoms with Crippen LogP contribution in [-0.4, -0.2) is 43.8 Å². The molecular weight excluding hydrogens is 598 g/mol. The number of hydrogen-bond donors (Lipinski definition) is 1. The minimum atomic E-state index is -4.18. The summed E-state index contributed by atoms with van der Waals surface area (Å²) in [6.07, 6.45) is 0.716. The van der Waals surface area contributed by atoms with Crippen LogP contribution in [0.3, 0.4) is 0 Å². The fourth-order valence-corrected chi connectivity index (χ4v) is 6.08. The van der Waals surface area contributed by atoms with Crippen LogP contribution in [0.15, 0.2) is 114 Å². The van der Waals surface area contributed by atoms with E-state index in [1.54, 1.807) is 73.7 Å². The van der Waals surface area contributed by atoms with Crippen molar-refractivity contribution in [3.8, 4) is 11.5 Å². The summed E-state index contributed by atoms with van der Waals surface area (Å²) in [4.78, 5) is 28.7. The molecule has 0 aliphatic heterocycles. The zero-order valence-electron chi connectivity index (χ0n) is 24.9. The van der Waals surface area contributed by atoms with Crippen molar-refractivity contribution in [1.82, 2.24) is 10.2 Å². The van der Waals surface area contributed by atoms with Gasteiger partial charge >= 0.3 is 0 Å². The quantitative estimate of drug-likeness (QED) is 0.178. The number of carbonyl (C=O) groups is 2. The van der Waals surface area contributed by atoms with E-state index in [2.05, 4.69) is 5.32 Å². The number of halogens is 1. The molecule has 10 heteroatoms. The largest absolute Gasteiger partial charge is 0.457 e. The number of ether oxygens (including phenoxy) is 1. The Kier molecular flexibility index (Phi) is 11.0. The molecule has 0 spiro atoms. The van der Waals surface area contributed by atoms with Crippen molar-refractivity contribution in [3.05, 3.63) is 120 Å². The highest BCUT2D eigenvalue weighted by Crippen LogP contribution is 2.28. The topological polar surface area (TPSA) is 96.0 Å².